The van der Waals surface area contributed by atoms with Crippen LogP contribution in [-0.2, 0) is 14.3 Å². The summed E-state index contributed by atoms with van der Waals surface area (Å²) < 4.78 is 5.66. The highest BCUT2D eigenvalue weighted by atomic mass is 16.5. The molecule has 1 fully saturated rings. The molecule has 35 heavy (non-hydrogen) atoms. The molecule has 2 N–H and O–H groups in total. The summed E-state index contributed by atoms with van der Waals surface area (Å²) in [5.41, 5.74) is 4.75. The van der Waals surface area contributed by atoms with Crippen LogP contribution in [0.3, 0.4) is 0 Å². The maximum Gasteiger partial charge on any atom is 0.407 e. The van der Waals surface area contributed by atoms with Gasteiger partial charge in [0.05, 0.1) is 5.92 Å². The number of ether oxygens (including phenoxy) is 1. The molecule has 0 heterocycles. The number of carboxylic acids is 1. The summed E-state index contributed by atoms with van der Waals surface area (Å²) in [7, 11) is 0. The molecule has 2 amide bonds. The van der Waals surface area contributed by atoms with Crippen LogP contribution in [0.4, 0.5) is 4.79 Å². The molecule has 7 heteroatoms. The lowest BCUT2D eigenvalue weighted by Crippen LogP contribution is -2.37. The number of carbonyl (C=O) groups excluding carboxylic acids is 2. The van der Waals surface area contributed by atoms with Gasteiger partial charge >= 0.3 is 12.1 Å². The van der Waals surface area contributed by atoms with Crippen LogP contribution in [0.15, 0.2) is 48.5 Å². The van der Waals surface area contributed by atoms with Crippen LogP contribution in [0.2, 0.25) is 0 Å². The smallest absolute Gasteiger partial charge is 0.407 e. The Morgan fingerprint density at radius 1 is 1.06 bits per heavy atom. The lowest BCUT2D eigenvalue weighted by atomic mass is 9.98. The van der Waals surface area contributed by atoms with Crippen LogP contribution < -0.4 is 5.32 Å². The van der Waals surface area contributed by atoms with Crippen molar-refractivity contribution in [1.29, 1.82) is 0 Å². The maximum atomic E-state index is 12.7. The predicted octanol–water partition coefficient (Wildman–Crippen LogP) is 4.65. The van der Waals surface area contributed by atoms with Gasteiger partial charge < -0.3 is 20.1 Å². The Morgan fingerprint density at radius 2 is 1.69 bits per heavy atom. The summed E-state index contributed by atoms with van der Waals surface area (Å²) in [5, 5.41) is 12.1. The third-order valence-corrected chi connectivity index (χ3v) is 7.32. The Balaban J connectivity index is 1.26. The second-order valence-corrected chi connectivity index (χ2v) is 9.72. The standard InChI is InChI=1S/C28H34N2O5/c1-3-30(16-18(2)27(32)33)26(31)15-19-12-13-20(14-19)29-28(34)35-17-25-23-10-6-4-8-21(23)22-9-5-7-11-24(22)25/h4-11,18-20,25H,3,12-17H2,1-2H3,(H,29,34)(H,32,33)/t18?,19-,20+/m1/s1. The summed E-state index contributed by atoms with van der Waals surface area (Å²) >= 11 is 0. The first-order valence-electron chi connectivity index (χ1n) is 12.5. The summed E-state index contributed by atoms with van der Waals surface area (Å²) in [6.45, 7) is 4.47. The van der Waals surface area contributed by atoms with Crippen molar-refractivity contribution in [2.75, 3.05) is 19.7 Å². The highest BCUT2D eigenvalue weighted by molar-refractivity contribution is 5.79. The second-order valence-electron chi connectivity index (χ2n) is 9.72. The number of alkyl carbamates (subject to hydrolysis) is 1. The van der Waals surface area contributed by atoms with Crippen LogP contribution >= 0.6 is 0 Å². The molecule has 2 aliphatic carbocycles. The van der Waals surface area contributed by atoms with E-state index in [0.717, 1.165) is 19.3 Å². The predicted molar refractivity (Wildman–Crippen MR) is 133 cm³/mol. The van der Waals surface area contributed by atoms with Crippen LogP contribution in [0.5, 0.6) is 0 Å². The molecule has 2 aliphatic rings. The van der Waals surface area contributed by atoms with E-state index in [1.807, 2.05) is 31.2 Å². The van der Waals surface area contributed by atoms with Gasteiger partial charge in [-0.05, 0) is 54.4 Å². The number of aliphatic carboxylic acids is 1. The van der Waals surface area contributed by atoms with Crippen molar-refractivity contribution in [2.24, 2.45) is 11.8 Å². The molecule has 2 aromatic rings. The quantitative estimate of drug-likeness (QED) is 0.547. The van der Waals surface area contributed by atoms with E-state index in [1.165, 1.54) is 22.3 Å². The highest BCUT2D eigenvalue weighted by Crippen LogP contribution is 2.44. The Hall–Kier alpha value is -3.35. The largest absolute Gasteiger partial charge is 0.481 e. The number of fused-ring (bicyclic) bond motifs is 3. The minimum atomic E-state index is -0.899. The Bertz CT molecular complexity index is 1040. The second kappa shape index (κ2) is 10.9. The fraction of sp³-hybridized carbons (Fsp3) is 0.464. The third-order valence-electron chi connectivity index (χ3n) is 7.32. The molecule has 0 spiro atoms. The average Bonchev–Trinajstić information content (AvgIpc) is 3.42. The molecule has 1 saturated carbocycles. The van der Waals surface area contributed by atoms with E-state index in [4.69, 9.17) is 9.84 Å². The van der Waals surface area contributed by atoms with Gasteiger partial charge in [-0.1, -0.05) is 55.5 Å². The lowest BCUT2D eigenvalue weighted by molar-refractivity contribution is -0.143. The number of nitrogens with zero attached hydrogens (tertiary/aromatic N) is 1. The number of rotatable bonds is 9. The zero-order valence-electron chi connectivity index (χ0n) is 20.4. The normalized spacial score (nSPS) is 19.5. The molecular formula is C28H34N2O5. The Kier molecular flexibility index (Phi) is 7.73. The van der Waals surface area contributed by atoms with Crippen LogP contribution in [-0.4, -0.2) is 53.7 Å². The van der Waals surface area contributed by atoms with E-state index >= 15 is 0 Å². The van der Waals surface area contributed by atoms with E-state index in [1.54, 1.807) is 11.8 Å². The van der Waals surface area contributed by atoms with Crippen LogP contribution in [0, 0.1) is 11.8 Å². The summed E-state index contributed by atoms with van der Waals surface area (Å²) in [4.78, 5) is 38.0. The number of carboxylic acid groups (broad SMARTS) is 1. The van der Waals surface area contributed by atoms with Gasteiger partial charge in [0.2, 0.25) is 5.91 Å². The van der Waals surface area contributed by atoms with Gasteiger partial charge in [-0.25, -0.2) is 4.79 Å². The first-order chi connectivity index (χ1) is 16.9. The van der Waals surface area contributed by atoms with Crippen LogP contribution in [0.1, 0.15) is 56.6 Å². The first-order valence-corrected chi connectivity index (χ1v) is 12.5. The number of benzene rings is 2. The van der Waals surface area contributed by atoms with Crippen molar-refractivity contribution in [3.63, 3.8) is 0 Å². The molecule has 3 atom stereocenters. The molecular weight excluding hydrogens is 444 g/mol. The van der Waals surface area contributed by atoms with E-state index < -0.39 is 18.0 Å². The number of hydrogen-bond donors (Lipinski definition) is 2. The SMILES string of the molecule is CCN(CC(C)C(=O)O)C(=O)C[C@@H]1CC[C@H](NC(=O)OCC2c3ccccc3-c3ccccc32)C1. The number of carbonyl (C=O) groups is 3. The minimum absolute atomic E-state index is 0.0172. The van der Waals surface area contributed by atoms with E-state index in [0.29, 0.717) is 13.0 Å². The third kappa shape index (κ3) is 5.66. The molecule has 0 saturated heterocycles. The monoisotopic (exact) mass is 478 g/mol. The molecule has 0 aromatic heterocycles. The van der Waals surface area contributed by atoms with Crippen molar-refractivity contribution in [2.45, 2.75) is 51.5 Å². The van der Waals surface area contributed by atoms with Gasteiger partial charge in [-0.3, -0.25) is 9.59 Å². The molecule has 0 aliphatic heterocycles. The molecule has 0 radical (unpaired) electrons. The topological polar surface area (TPSA) is 95.9 Å². The number of amides is 2. The maximum absolute atomic E-state index is 12.7. The molecule has 7 nitrogen and oxygen atoms in total. The lowest BCUT2D eigenvalue weighted by Gasteiger charge is -2.24. The van der Waals surface area contributed by atoms with Crippen molar-refractivity contribution >= 4 is 18.0 Å². The van der Waals surface area contributed by atoms with Gasteiger partial charge in [0.1, 0.15) is 6.61 Å². The van der Waals surface area contributed by atoms with E-state index in [2.05, 4.69) is 29.6 Å². The van der Waals surface area contributed by atoms with Crippen LogP contribution in [0.25, 0.3) is 11.1 Å². The van der Waals surface area contributed by atoms with Crippen molar-refractivity contribution in [1.82, 2.24) is 10.2 Å². The van der Waals surface area contributed by atoms with Crippen molar-refractivity contribution in [3.8, 4) is 11.1 Å². The first kappa shape index (κ1) is 24.8. The fourth-order valence-electron chi connectivity index (χ4n) is 5.39. The van der Waals surface area contributed by atoms with Crippen molar-refractivity contribution < 1.29 is 24.2 Å². The van der Waals surface area contributed by atoms with Gasteiger partial charge in [0.15, 0.2) is 0 Å². The molecule has 0 bridgehead atoms. The summed E-state index contributed by atoms with van der Waals surface area (Å²) in [6.07, 6.45) is 2.34. The van der Waals surface area contributed by atoms with Gasteiger partial charge in [0.25, 0.3) is 0 Å². The number of hydrogen-bond acceptors (Lipinski definition) is 4. The summed E-state index contributed by atoms with van der Waals surface area (Å²) in [5.74, 6) is -1.31. The molecule has 1 unspecified atom stereocenters. The fourth-order valence-corrected chi connectivity index (χ4v) is 5.39. The average molecular weight is 479 g/mol. The Morgan fingerprint density at radius 3 is 2.29 bits per heavy atom. The molecule has 4 rings (SSSR count). The Labute approximate surface area is 206 Å². The molecule has 2 aromatic carbocycles. The molecule has 186 valence electrons. The minimum Gasteiger partial charge on any atom is -0.481 e. The van der Waals surface area contributed by atoms with Gasteiger partial charge in [-0.2, -0.15) is 0 Å². The van der Waals surface area contributed by atoms with Crippen molar-refractivity contribution in [3.05, 3.63) is 59.7 Å². The highest BCUT2D eigenvalue weighted by Gasteiger charge is 2.32. The van der Waals surface area contributed by atoms with E-state index in [-0.39, 0.29) is 36.9 Å². The van der Waals surface area contributed by atoms with E-state index in [9.17, 15) is 14.4 Å². The van der Waals surface area contributed by atoms with Gasteiger partial charge in [0, 0.05) is 31.5 Å². The zero-order chi connectivity index (χ0) is 24.9. The number of nitrogens with one attached hydrogen (secondary N) is 1. The zero-order valence-corrected chi connectivity index (χ0v) is 20.4. The summed E-state index contributed by atoms with van der Waals surface area (Å²) in [6, 6.07) is 16.5. The van der Waals surface area contributed by atoms with Gasteiger partial charge in [-0.15, -0.1) is 0 Å².